The summed E-state index contributed by atoms with van der Waals surface area (Å²) in [5.41, 5.74) is 2.63. The summed E-state index contributed by atoms with van der Waals surface area (Å²) in [5.74, 6) is 0. The van der Waals surface area contributed by atoms with Crippen molar-refractivity contribution in [1.29, 1.82) is 0 Å². The number of nitrogens with one attached hydrogen (secondary N) is 1. The van der Waals surface area contributed by atoms with Crippen molar-refractivity contribution in [2.24, 2.45) is 0 Å². The third kappa shape index (κ3) is 3.19. The first kappa shape index (κ1) is 17.0. The number of amides is 2. The lowest BCUT2D eigenvalue weighted by atomic mass is 9.93. The van der Waals surface area contributed by atoms with Gasteiger partial charge in [-0.25, -0.2) is 14.8 Å². The molecule has 2 aromatic rings. The molecular weight excluding hydrogens is 347 g/mol. The number of rotatable bonds is 2. The number of benzene rings is 1. The molecule has 126 valence electrons. The molecule has 2 atom stereocenters. The summed E-state index contributed by atoms with van der Waals surface area (Å²) >= 11 is 11.9. The van der Waals surface area contributed by atoms with E-state index in [9.17, 15) is 4.79 Å². The number of fused-ring (bicyclic) bond motifs is 1. The highest BCUT2D eigenvalue weighted by Crippen LogP contribution is 2.33. The smallest absolute Gasteiger partial charge is 0.314 e. The van der Waals surface area contributed by atoms with Gasteiger partial charge in [-0.2, -0.15) is 0 Å². The lowest BCUT2D eigenvalue weighted by molar-refractivity contribution is 0.147. The van der Waals surface area contributed by atoms with Crippen molar-refractivity contribution in [3.05, 3.63) is 52.0 Å². The van der Waals surface area contributed by atoms with E-state index in [1.807, 2.05) is 11.8 Å². The molecule has 1 aromatic carbocycles. The molecule has 0 bridgehead atoms. The number of anilines is 1. The molecule has 1 aromatic heterocycles. The fraction of sp³-hybridized carbons (Fsp3) is 0.353. The van der Waals surface area contributed by atoms with Crippen LogP contribution in [0.4, 0.5) is 10.5 Å². The Morgan fingerprint density at radius 2 is 2.17 bits per heavy atom. The number of nitrogens with zero attached hydrogens (tertiary/aromatic N) is 3. The molecule has 24 heavy (non-hydrogen) atoms. The summed E-state index contributed by atoms with van der Waals surface area (Å²) in [4.78, 5) is 23.2. The van der Waals surface area contributed by atoms with Crippen molar-refractivity contribution < 1.29 is 4.79 Å². The normalized spacial score (nSPS) is 19.8. The first-order valence-electron chi connectivity index (χ1n) is 7.84. The van der Waals surface area contributed by atoms with Crippen LogP contribution in [0.25, 0.3) is 0 Å². The largest absolute Gasteiger partial charge is 0.322 e. The van der Waals surface area contributed by atoms with E-state index in [-0.39, 0.29) is 18.1 Å². The van der Waals surface area contributed by atoms with E-state index < -0.39 is 0 Å². The van der Waals surface area contributed by atoms with Crippen LogP contribution < -0.4 is 5.32 Å². The Bertz CT molecular complexity index is 768. The first-order chi connectivity index (χ1) is 11.5. The van der Waals surface area contributed by atoms with Gasteiger partial charge in [0.2, 0.25) is 0 Å². The highest BCUT2D eigenvalue weighted by Gasteiger charge is 2.35. The second-order valence-electron chi connectivity index (χ2n) is 5.83. The standard InChI is InChI=1S/C17H18Cl2N4O/c1-3-12-7-16-13(8-20-9-21-16)10(2)23(12)17(24)22-11-4-5-14(18)15(19)6-11/h4-6,8-10,12H,3,7H2,1-2H3,(H,22,24)/t10-,12+/m1/s1. The predicted octanol–water partition coefficient (Wildman–Crippen LogP) is 4.71. The maximum atomic E-state index is 12.9. The van der Waals surface area contributed by atoms with Crippen LogP contribution in [0.1, 0.15) is 37.6 Å². The van der Waals surface area contributed by atoms with Gasteiger partial charge in [0.15, 0.2) is 0 Å². The third-order valence-electron chi connectivity index (χ3n) is 4.39. The zero-order valence-electron chi connectivity index (χ0n) is 13.5. The van der Waals surface area contributed by atoms with Gasteiger partial charge in [0.1, 0.15) is 6.33 Å². The molecule has 0 aliphatic carbocycles. The average Bonchev–Trinajstić information content (AvgIpc) is 2.58. The van der Waals surface area contributed by atoms with Crippen molar-refractivity contribution in [2.45, 2.75) is 38.8 Å². The molecule has 2 heterocycles. The summed E-state index contributed by atoms with van der Waals surface area (Å²) in [6.07, 6.45) is 4.93. The Kier molecular flexibility index (Phi) is 4.92. The van der Waals surface area contributed by atoms with Gasteiger partial charge in [0, 0.05) is 29.9 Å². The van der Waals surface area contributed by atoms with Crippen LogP contribution in [0.2, 0.25) is 10.0 Å². The van der Waals surface area contributed by atoms with Gasteiger partial charge in [-0.3, -0.25) is 0 Å². The predicted molar refractivity (Wildman–Crippen MR) is 95.5 cm³/mol. The lowest BCUT2D eigenvalue weighted by Gasteiger charge is -2.40. The van der Waals surface area contributed by atoms with Gasteiger partial charge in [0.25, 0.3) is 0 Å². The number of carbonyl (C=O) groups is 1. The van der Waals surface area contributed by atoms with E-state index in [0.717, 1.165) is 24.1 Å². The Balaban J connectivity index is 1.86. The minimum Gasteiger partial charge on any atom is -0.314 e. The Labute approximate surface area is 151 Å². The summed E-state index contributed by atoms with van der Waals surface area (Å²) < 4.78 is 0. The van der Waals surface area contributed by atoms with Gasteiger partial charge in [0.05, 0.1) is 21.8 Å². The molecule has 3 rings (SSSR count). The number of carbonyl (C=O) groups excluding carboxylic acids is 1. The number of aromatic nitrogens is 2. The number of hydrogen-bond acceptors (Lipinski definition) is 3. The Morgan fingerprint density at radius 3 is 2.88 bits per heavy atom. The highest BCUT2D eigenvalue weighted by atomic mass is 35.5. The minimum atomic E-state index is -0.165. The number of halogens is 2. The molecule has 0 saturated heterocycles. The van der Waals surface area contributed by atoms with Crippen molar-refractivity contribution in [1.82, 2.24) is 14.9 Å². The number of hydrogen-bond donors (Lipinski definition) is 1. The van der Waals surface area contributed by atoms with Gasteiger partial charge >= 0.3 is 6.03 Å². The van der Waals surface area contributed by atoms with Gasteiger partial charge < -0.3 is 10.2 Å². The maximum absolute atomic E-state index is 12.9. The van der Waals surface area contributed by atoms with Gasteiger partial charge in [-0.1, -0.05) is 30.1 Å². The van der Waals surface area contributed by atoms with Crippen LogP contribution in [0.15, 0.2) is 30.7 Å². The van der Waals surface area contributed by atoms with Crippen molar-refractivity contribution in [2.75, 3.05) is 5.32 Å². The quantitative estimate of drug-likeness (QED) is 0.838. The summed E-state index contributed by atoms with van der Waals surface area (Å²) in [6, 6.07) is 4.88. The maximum Gasteiger partial charge on any atom is 0.322 e. The number of urea groups is 1. The van der Waals surface area contributed by atoms with E-state index in [0.29, 0.717) is 15.7 Å². The van der Waals surface area contributed by atoms with E-state index in [1.165, 1.54) is 0 Å². The van der Waals surface area contributed by atoms with E-state index >= 15 is 0 Å². The van der Waals surface area contributed by atoms with Crippen LogP contribution >= 0.6 is 23.2 Å². The minimum absolute atomic E-state index is 0.0881. The Hall–Kier alpha value is -1.85. The van der Waals surface area contributed by atoms with E-state index in [2.05, 4.69) is 22.2 Å². The van der Waals surface area contributed by atoms with Crippen molar-refractivity contribution in [3.63, 3.8) is 0 Å². The summed E-state index contributed by atoms with van der Waals surface area (Å²) in [6.45, 7) is 4.07. The SMILES string of the molecule is CC[C@H]1Cc2ncncc2[C@@H](C)N1C(=O)Nc1ccc(Cl)c(Cl)c1. The molecule has 0 unspecified atom stereocenters. The highest BCUT2D eigenvalue weighted by molar-refractivity contribution is 6.42. The molecule has 5 nitrogen and oxygen atoms in total. The van der Waals surface area contributed by atoms with Crippen LogP contribution in [0.5, 0.6) is 0 Å². The molecule has 0 saturated carbocycles. The summed E-state index contributed by atoms with van der Waals surface area (Å²) in [5, 5.41) is 3.77. The van der Waals surface area contributed by atoms with E-state index in [4.69, 9.17) is 23.2 Å². The molecule has 1 aliphatic rings. The summed E-state index contributed by atoms with van der Waals surface area (Å²) in [7, 11) is 0. The lowest BCUT2D eigenvalue weighted by Crippen LogP contribution is -2.48. The molecule has 1 aliphatic heterocycles. The van der Waals surface area contributed by atoms with Crippen LogP contribution in [0.3, 0.4) is 0 Å². The first-order valence-corrected chi connectivity index (χ1v) is 8.60. The topological polar surface area (TPSA) is 58.1 Å². The second-order valence-corrected chi connectivity index (χ2v) is 6.65. The Morgan fingerprint density at radius 1 is 1.38 bits per heavy atom. The van der Waals surface area contributed by atoms with Gasteiger partial charge in [-0.15, -0.1) is 0 Å². The molecule has 7 heteroatoms. The zero-order chi connectivity index (χ0) is 17.3. The monoisotopic (exact) mass is 364 g/mol. The molecule has 1 N–H and O–H groups in total. The molecular formula is C17H18Cl2N4O. The van der Waals surface area contributed by atoms with Crippen LogP contribution in [-0.2, 0) is 6.42 Å². The van der Waals surface area contributed by atoms with Gasteiger partial charge in [-0.05, 0) is 31.5 Å². The second kappa shape index (κ2) is 6.95. The zero-order valence-corrected chi connectivity index (χ0v) is 15.0. The van der Waals surface area contributed by atoms with Crippen molar-refractivity contribution in [3.8, 4) is 0 Å². The molecule has 0 fully saturated rings. The third-order valence-corrected chi connectivity index (χ3v) is 5.13. The van der Waals surface area contributed by atoms with Crippen LogP contribution in [-0.4, -0.2) is 26.9 Å². The molecule has 0 spiro atoms. The molecule has 2 amide bonds. The fourth-order valence-corrected chi connectivity index (χ4v) is 3.42. The van der Waals surface area contributed by atoms with E-state index in [1.54, 1.807) is 30.7 Å². The average molecular weight is 365 g/mol. The van der Waals surface area contributed by atoms with Crippen LogP contribution in [0, 0.1) is 0 Å². The fourth-order valence-electron chi connectivity index (χ4n) is 3.12. The molecule has 0 radical (unpaired) electrons. The van der Waals surface area contributed by atoms with Crippen molar-refractivity contribution >= 4 is 34.9 Å².